The number of pyridine rings is 1. The topological polar surface area (TPSA) is 101 Å². The predicted octanol–water partition coefficient (Wildman–Crippen LogP) is 5.91. The number of alkyl halides is 3. The Bertz CT molecular complexity index is 1600. The van der Waals surface area contributed by atoms with Gasteiger partial charge in [-0.25, -0.2) is 4.98 Å². The van der Waals surface area contributed by atoms with E-state index in [0.29, 0.717) is 41.2 Å². The molecule has 0 unspecified atom stereocenters. The van der Waals surface area contributed by atoms with Crippen molar-refractivity contribution in [2.24, 2.45) is 5.41 Å². The Hall–Kier alpha value is -4.60. The number of nitrogens with zero attached hydrogens (tertiary/aromatic N) is 2. The van der Waals surface area contributed by atoms with Gasteiger partial charge in [0.1, 0.15) is 17.2 Å². The first-order chi connectivity index (χ1) is 18.9. The number of hydrogen-bond acceptors (Lipinski definition) is 5. The van der Waals surface area contributed by atoms with Crippen molar-refractivity contribution in [3.63, 3.8) is 0 Å². The summed E-state index contributed by atoms with van der Waals surface area (Å²) >= 11 is 0. The number of carbonyl (C=O) groups excluding carboxylic acids is 2. The van der Waals surface area contributed by atoms with Gasteiger partial charge in [0.2, 0.25) is 5.91 Å². The van der Waals surface area contributed by atoms with E-state index in [2.05, 4.69) is 24.1 Å². The quantitative estimate of drug-likeness (QED) is 0.292. The minimum Gasteiger partial charge on any atom is -0.459 e. The number of fused-ring (bicyclic) bond motifs is 1. The molecule has 3 N–H and O–H groups in total. The molecule has 5 rings (SSSR count). The number of nitrogens with two attached hydrogens (primary N) is 1. The van der Waals surface area contributed by atoms with Crippen molar-refractivity contribution >= 4 is 34.7 Å². The summed E-state index contributed by atoms with van der Waals surface area (Å²) in [6, 6.07) is 13.9. The van der Waals surface area contributed by atoms with Gasteiger partial charge in [0.05, 0.1) is 12.1 Å². The molecule has 7 nitrogen and oxygen atoms in total. The highest BCUT2D eigenvalue weighted by atomic mass is 19.4. The highest BCUT2D eigenvalue weighted by molar-refractivity contribution is 5.96. The van der Waals surface area contributed by atoms with Crippen molar-refractivity contribution in [2.45, 2.75) is 26.6 Å². The summed E-state index contributed by atoms with van der Waals surface area (Å²) in [5.41, 5.74) is 6.42. The maximum atomic E-state index is 14.0. The molecule has 0 bridgehead atoms. The van der Waals surface area contributed by atoms with Gasteiger partial charge < -0.3 is 20.4 Å². The smallest absolute Gasteiger partial charge is 0.420 e. The number of furan rings is 1. The average molecular weight is 549 g/mol. The van der Waals surface area contributed by atoms with Gasteiger partial charge in [-0.2, -0.15) is 13.2 Å². The normalized spacial score (nSPS) is 14.9. The first kappa shape index (κ1) is 27.0. The van der Waals surface area contributed by atoms with Crippen LogP contribution in [0.3, 0.4) is 0 Å². The van der Waals surface area contributed by atoms with Crippen LogP contribution < -0.4 is 11.1 Å². The van der Waals surface area contributed by atoms with E-state index >= 15 is 0 Å². The van der Waals surface area contributed by atoms with Crippen LogP contribution in [0.4, 0.5) is 19.0 Å². The van der Waals surface area contributed by atoms with E-state index in [-0.39, 0.29) is 34.6 Å². The van der Waals surface area contributed by atoms with Crippen molar-refractivity contribution in [1.29, 1.82) is 0 Å². The zero-order valence-corrected chi connectivity index (χ0v) is 21.9. The van der Waals surface area contributed by atoms with E-state index in [0.717, 1.165) is 6.07 Å². The van der Waals surface area contributed by atoms with Crippen LogP contribution in [-0.2, 0) is 17.5 Å². The summed E-state index contributed by atoms with van der Waals surface area (Å²) < 4.78 is 47.5. The maximum absolute atomic E-state index is 14.0. The van der Waals surface area contributed by atoms with Crippen LogP contribution in [0.15, 0.2) is 71.3 Å². The van der Waals surface area contributed by atoms with Crippen LogP contribution in [0.1, 0.15) is 41.1 Å². The Labute approximate surface area is 228 Å². The lowest BCUT2D eigenvalue weighted by atomic mass is 9.84. The number of nitrogens with one attached hydrogen (secondary N) is 1. The Morgan fingerprint density at radius 3 is 2.42 bits per heavy atom. The van der Waals surface area contributed by atoms with E-state index in [1.54, 1.807) is 47.4 Å². The lowest BCUT2D eigenvalue weighted by Crippen LogP contribution is -2.55. The molecule has 0 spiro atoms. The van der Waals surface area contributed by atoms with Crippen LogP contribution in [0.25, 0.3) is 28.2 Å². The molecule has 206 valence electrons. The van der Waals surface area contributed by atoms with Crippen LogP contribution in [0, 0.1) is 5.41 Å². The number of nitrogen functional groups attached to an aromatic ring is 1. The average Bonchev–Trinajstić information content (AvgIpc) is 3.31. The number of rotatable bonds is 6. The third-order valence-corrected chi connectivity index (χ3v) is 6.64. The second kappa shape index (κ2) is 10.2. The zero-order valence-electron chi connectivity index (χ0n) is 21.9. The molecule has 3 heterocycles. The van der Waals surface area contributed by atoms with Crippen LogP contribution in [-0.4, -0.2) is 34.8 Å². The highest BCUT2D eigenvalue weighted by Crippen LogP contribution is 2.39. The van der Waals surface area contributed by atoms with E-state index in [9.17, 15) is 22.8 Å². The van der Waals surface area contributed by atoms with Gasteiger partial charge in [0.25, 0.3) is 5.91 Å². The molecule has 0 atom stereocenters. The second-order valence-corrected chi connectivity index (χ2v) is 10.6. The summed E-state index contributed by atoms with van der Waals surface area (Å²) in [5, 5.41) is 2.86. The highest BCUT2D eigenvalue weighted by Gasteiger charge is 2.37. The van der Waals surface area contributed by atoms with E-state index < -0.39 is 17.6 Å². The molecule has 2 aromatic carbocycles. The molecule has 2 aromatic heterocycles. The Morgan fingerprint density at radius 1 is 1.07 bits per heavy atom. The van der Waals surface area contributed by atoms with Crippen molar-refractivity contribution in [2.75, 3.05) is 18.8 Å². The molecule has 4 aromatic rings. The molecule has 0 saturated carbocycles. The number of likely N-dealkylation sites (tertiary alicyclic amines) is 1. The van der Waals surface area contributed by atoms with Crippen LogP contribution in [0.5, 0.6) is 0 Å². The molecular formula is C30H27F3N4O3. The summed E-state index contributed by atoms with van der Waals surface area (Å²) in [5.74, 6) is -0.0254. The lowest BCUT2D eigenvalue weighted by Gasteiger charge is -2.45. The van der Waals surface area contributed by atoms with Crippen molar-refractivity contribution in [3.05, 3.63) is 89.3 Å². The predicted molar refractivity (Wildman–Crippen MR) is 146 cm³/mol. The fourth-order valence-electron chi connectivity index (χ4n) is 4.71. The number of hydrogen-bond donors (Lipinski definition) is 2. The maximum Gasteiger partial charge on any atom is 0.420 e. The molecule has 1 saturated heterocycles. The number of aromatic nitrogens is 1. The molecular weight excluding hydrogens is 521 g/mol. The van der Waals surface area contributed by atoms with Gasteiger partial charge in [-0.1, -0.05) is 26.0 Å². The van der Waals surface area contributed by atoms with Gasteiger partial charge in [-0.15, -0.1) is 0 Å². The first-order valence-electron chi connectivity index (χ1n) is 12.6. The van der Waals surface area contributed by atoms with Gasteiger partial charge in [0, 0.05) is 36.3 Å². The third kappa shape index (κ3) is 5.85. The van der Waals surface area contributed by atoms with Gasteiger partial charge in [0.15, 0.2) is 0 Å². The monoisotopic (exact) mass is 548 g/mol. The van der Waals surface area contributed by atoms with Crippen molar-refractivity contribution < 1.29 is 27.2 Å². The molecule has 2 amide bonds. The number of amides is 2. The Morgan fingerprint density at radius 2 is 1.80 bits per heavy atom. The van der Waals surface area contributed by atoms with E-state index in [1.807, 2.05) is 0 Å². The molecule has 40 heavy (non-hydrogen) atoms. The molecule has 10 heteroatoms. The fraction of sp³-hybridized carbons (Fsp3) is 0.233. The summed E-state index contributed by atoms with van der Waals surface area (Å²) in [7, 11) is 0. The molecule has 0 radical (unpaired) electrons. The minimum atomic E-state index is -4.66. The number of benzene rings is 2. The van der Waals surface area contributed by atoms with Crippen molar-refractivity contribution in [3.8, 4) is 11.1 Å². The summed E-state index contributed by atoms with van der Waals surface area (Å²) in [4.78, 5) is 30.6. The molecule has 1 aliphatic rings. The minimum absolute atomic E-state index is 0.0945. The van der Waals surface area contributed by atoms with Gasteiger partial charge in [-0.05, 0) is 70.6 Å². The van der Waals surface area contributed by atoms with Gasteiger partial charge in [-0.3, -0.25) is 9.59 Å². The zero-order chi connectivity index (χ0) is 28.7. The Kier molecular flexibility index (Phi) is 6.87. The molecule has 1 aliphatic heterocycles. The number of halogens is 3. The number of anilines is 1. The van der Waals surface area contributed by atoms with E-state index in [1.165, 1.54) is 24.4 Å². The molecule has 0 aliphatic carbocycles. The molecule has 1 fully saturated rings. The van der Waals surface area contributed by atoms with Crippen LogP contribution in [0.2, 0.25) is 0 Å². The lowest BCUT2D eigenvalue weighted by molar-refractivity contribution is -0.136. The fourth-order valence-corrected chi connectivity index (χ4v) is 4.71. The number of carbonyl (C=O) groups is 2. The SMILES string of the molecule is CC1(C)CN(C(=O)c2ccc(-c3cc(C(F)(F)F)c4oc(CNC(=O)C=Cc5ccc(N)nc5)cc4c3)cc2)C1. The summed E-state index contributed by atoms with van der Waals surface area (Å²) in [6.45, 7) is 5.40. The largest absolute Gasteiger partial charge is 0.459 e. The Balaban J connectivity index is 1.34. The second-order valence-electron chi connectivity index (χ2n) is 10.6. The van der Waals surface area contributed by atoms with Crippen molar-refractivity contribution in [1.82, 2.24) is 15.2 Å². The van der Waals surface area contributed by atoms with E-state index in [4.69, 9.17) is 10.2 Å². The summed E-state index contributed by atoms with van der Waals surface area (Å²) in [6.07, 6.45) is -0.334. The van der Waals surface area contributed by atoms with Crippen LogP contribution >= 0.6 is 0 Å². The standard InChI is InChI=1S/C30H27F3N4O3/c1-29(2)16-37(17-29)28(39)20-7-5-19(6-8-20)21-11-22-12-23(40-27(22)24(13-21)30(31,32)33)15-36-26(38)10-4-18-3-9-25(34)35-14-18/h3-14H,15-17H2,1-2H3,(H2,34,35)(H,36,38). The first-order valence-corrected chi connectivity index (χ1v) is 12.6. The van der Waals surface area contributed by atoms with Gasteiger partial charge >= 0.3 is 6.18 Å². The third-order valence-electron chi connectivity index (χ3n) is 6.64.